The van der Waals surface area contributed by atoms with Gasteiger partial charge in [-0.15, -0.1) is 0 Å². The molecule has 2 aromatic rings. The number of carboxylic acid groups (broad SMARTS) is 1. The molecule has 2 rings (SSSR count). The largest absolute Gasteiger partial charge is 1.00 e. The second kappa shape index (κ2) is 13.3. The number of carbonyl (C=O) groups excluding carboxylic acids is 2. The third-order valence-electron chi connectivity index (χ3n) is 5.21. The van der Waals surface area contributed by atoms with E-state index in [1.807, 2.05) is 0 Å². The van der Waals surface area contributed by atoms with Crippen molar-refractivity contribution in [1.82, 2.24) is 5.32 Å². The van der Waals surface area contributed by atoms with Gasteiger partial charge in [0, 0.05) is 34.6 Å². The zero-order chi connectivity index (χ0) is 25.5. The number of halogens is 2. The van der Waals surface area contributed by atoms with E-state index in [-0.39, 0.29) is 37.7 Å². The SMILES string of the molecule is CCOC[C@](C)(C[C@@H](Cc1ccc(-c2cc(Cl)ccc2F)cc1)NC(=O)OC(C)(C)C)C(=O)[O-].[Li+]. The molecule has 0 aromatic heterocycles. The topological polar surface area (TPSA) is 87.7 Å². The zero-order valence-corrected chi connectivity index (χ0v) is 22.0. The Balaban J connectivity index is 0.00000612. The maximum Gasteiger partial charge on any atom is 1.00 e. The minimum absolute atomic E-state index is 0. The zero-order valence-electron chi connectivity index (χ0n) is 21.2. The minimum atomic E-state index is -1.32. The number of benzene rings is 2. The number of ether oxygens (including phenoxy) is 2. The number of alkyl carbamates (subject to hydrolysis) is 1. The number of hydrogen-bond acceptors (Lipinski definition) is 5. The molecule has 186 valence electrons. The Morgan fingerprint density at radius 2 is 1.74 bits per heavy atom. The molecule has 0 unspecified atom stereocenters. The number of aliphatic carboxylic acids is 1. The first-order chi connectivity index (χ1) is 15.8. The van der Waals surface area contributed by atoms with Gasteiger partial charge in [-0.25, -0.2) is 9.18 Å². The molecule has 0 aliphatic rings. The van der Waals surface area contributed by atoms with Crippen LogP contribution in [0.25, 0.3) is 11.1 Å². The van der Waals surface area contributed by atoms with E-state index in [0.717, 1.165) is 5.56 Å². The fourth-order valence-electron chi connectivity index (χ4n) is 3.54. The van der Waals surface area contributed by atoms with Gasteiger partial charge in [0.25, 0.3) is 0 Å². The number of carbonyl (C=O) groups is 2. The number of nitrogens with one attached hydrogen (secondary N) is 1. The Kier molecular flexibility index (Phi) is 11.8. The molecule has 1 N–H and O–H groups in total. The van der Waals surface area contributed by atoms with Crippen LogP contribution in [0.2, 0.25) is 5.02 Å². The van der Waals surface area contributed by atoms with E-state index in [2.05, 4.69) is 5.32 Å². The number of amides is 1. The van der Waals surface area contributed by atoms with Gasteiger partial charge >= 0.3 is 25.0 Å². The molecule has 0 aliphatic heterocycles. The molecular formula is C26H32ClFLiNO5. The summed E-state index contributed by atoms with van der Waals surface area (Å²) in [7, 11) is 0. The minimum Gasteiger partial charge on any atom is -0.549 e. The molecule has 0 heterocycles. The van der Waals surface area contributed by atoms with Crippen LogP contribution in [-0.2, 0) is 20.7 Å². The predicted molar refractivity (Wildman–Crippen MR) is 128 cm³/mol. The van der Waals surface area contributed by atoms with Gasteiger partial charge in [0.2, 0.25) is 0 Å². The monoisotopic (exact) mass is 499 g/mol. The Morgan fingerprint density at radius 1 is 1.11 bits per heavy atom. The van der Waals surface area contributed by atoms with Crippen LogP contribution in [0.4, 0.5) is 9.18 Å². The van der Waals surface area contributed by atoms with Crippen LogP contribution in [-0.4, -0.2) is 36.9 Å². The first kappa shape index (κ1) is 31.0. The maximum absolute atomic E-state index is 14.2. The molecule has 35 heavy (non-hydrogen) atoms. The summed E-state index contributed by atoms with van der Waals surface area (Å²) in [5, 5.41) is 15.1. The summed E-state index contributed by atoms with van der Waals surface area (Å²) >= 11 is 6.00. The number of hydrogen-bond donors (Lipinski definition) is 1. The van der Waals surface area contributed by atoms with E-state index < -0.39 is 29.1 Å². The number of rotatable bonds is 10. The quantitative estimate of drug-likeness (QED) is 0.503. The molecule has 1 amide bonds. The van der Waals surface area contributed by atoms with E-state index in [9.17, 15) is 19.1 Å². The molecular weight excluding hydrogens is 468 g/mol. The van der Waals surface area contributed by atoms with Gasteiger partial charge in [-0.3, -0.25) is 0 Å². The summed E-state index contributed by atoms with van der Waals surface area (Å²) in [6.45, 7) is 8.85. The van der Waals surface area contributed by atoms with Gasteiger partial charge in [-0.1, -0.05) is 42.8 Å². The van der Waals surface area contributed by atoms with Gasteiger partial charge in [0.15, 0.2) is 0 Å². The van der Waals surface area contributed by atoms with Crippen molar-refractivity contribution in [2.24, 2.45) is 5.41 Å². The summed E-state index contributed by atoms with van der Waals surface area (Å²) in [5.41, 5.74) is -0.177. The molecule has 0 aliphatic carbocycles. The van der Waals surface area contributed by atoms with Gasteiger partial charge in [-0.05, 0) is 69.9 Å². The second-order valence-corrected chi connectivity index (χ2v) is 9.99. The average Bonchev–Trinajstić information content (AvgIpc) is 2.73. The van der Waals surface area contributed by atoms with Crippen LogP contribution in [0.3, 0.4) is 0 Å². The van der Waals surface area contributed by atoms with E-state index in [0.29, 0.717) is 29.2 Å². The van der Waals surface area contributed by atoms with Crippen LogP contribution in [0, 0.1) is 11.2 Å². The molecule has 2 aromatic carbocycles. The molecule has 0 saturated heterocycles. The normalized spacial score (nSPS) is 13.8. The van der Waals surface area contributed by atoms with Crippen LogP contribution >= 0.6 is 11.6 Å². The van der Waals surface area contributed by atoms with Crippen LogP contribution in [0.5, 0.6) is 0 Å². The molecule has 0 saturated carbocycles. The Morgan fingerprint density at radius 3 is 2.29 bits per heavy atom. The molecule has 0 radical (unpaired) electrons. The van der Waals surface area contributed by atoms with E-state index in [1.165, 1.54) is 19.1 Å². The third-order valence-corrected chi connectivity index (χ3v) is 5.45. The first-order valence-electron chi connectivity index (χ1n) is 11.2. The van der Waals surface area contributed by atoms with Crippen molar-refractivity contribution in [3.05, 3.63) is 58.9 Å². The standard InChI is InChI=1S/C26H33ClFNO5.Li/c1-6-33-16-26(5,23(30)31)15-20(29-24(32)34-25(2,3)4)13-17-7-9-18(10-8-17)21-14-19(27)11-12-22(21)28;/h7-12,14,20H,6,13,15-16H2,1-5H3,(H,29,32)(H,30,31);/q;+1/p-1/t20-,26+;/m1./s1. The summed E-state index contributed by atoms with van der Waals surface area (Å²) in [4.78, 5) is 24.4. The molecule has 0 spiro atoms. The summed E-state index contributed by atoms with van der Waals surface area (Å²) in [5.74, 6) is -1.65. The Hall–Kier alpha value is -2.04. The van der Waals surface area contributed by atoms with Crippen molar-refractivity contribution in [3.63, 3.8) is 0 Å². The second-order valence-electron chi connectivity index (χ2n) is 9.56. The van der Waals surface area contributed by atoms with Crippen LogP contribution in [0.15, 0.2) is 42.5 Å². The maximum atomic E-state index is 14.2. The summed E-state index contributed by atoms with van der Waals surface area (Å²) < 4.78 is 25.0. The van der Waals surface area contributed by atoms with E-state index in [1.54, 1.807) is 58.0 Å². The fraction of sp³-hybridized carbons (Fsp3) is 0.462. The summed E-state index contributed by atoms with van der Waals surface area (Å²) in [6.07, 6.45) is -0.251. The fourth-order valence-corrected chi connectivity index (χ4v) is 3.72. The molecule has 2 atom stereocenters. The number of carboxylic acids is 1. The van der Waals surface area contributed by atoms with Gasteiger partial charge < -0.3 is 24.7 Å². The van der Waals surface area contributed by atoms with Gasteiger partial charge in [0.05, 0.1) is 6.61 Å². The van der Waals surface area contributed by atoms with Crippen LogP contribution < -0.4 is 29.3 Å². The predicted octanol–water partition coefficient (Wildman–Crippen LogP) is 1.77. The van der Waals surface area contributed by atoms with Gasteiger partial charge in [-0.2, -0.15) is 0 Å². The Bertz CT molecular complexity index is 996. The third kappa shape index (κ3) is 9.85. The molecule has 9 heteroatoms. The summed E-state index contributed by atoms with van der Waals surface area (Å²) in [6, 6.07) is 10.9. The van der Waals surface area contributed by atoms with Crippen molar-refractivity contribution in [2.75, 3.05) is 13.2 Å². The van der Waals surface area contributed by atoms with Crippen molar-refractivity contribution in [2.45, 2.75) is 59.1 Å². The Labute approximate surface area is 223 Å². The van der Waals surface area contributed by atoms with Crippen molar-refractivity contribution in [1.29, 1.82) is 0 Å². The van der Waals surface area contributed by atoms with Gasteiger partial charge in [0.1, 0.15) is 11.4 Å². The van der Waals surface area contributed by atoms with Crippen molar-refractivity contribution < 1.29 is 47.4 Å². The first-order valence-corrected chi connectivity index (χ1v) is 11.5. The van der Waals surface area contributed by atoms with Crippen molar-refractivity contribution >= 4 is 23.7 Å². The van der Waals surface area contributed by atoms with E-state index in [4.69, 9.17) is 21.1 Å². The molecule has 0 bridgehead atoms. The van der Waals surface area contributed by atoms with E-state index >= 15 is 0 Å². The smallest absolute Gasteiger partial charge is 0.549 e. The van der Waals surface area contributed by atoms with Crippen LogP contribution in [0.1, 0.15) is 46.6 Å². The molecule has 0 fully saturated rings. The molecule has 6 nitrogen and oxygen atoms in total. The van der Waals surface area contributed by atoms with Crippen molar-refractivity contribution in [3.8, 4) is 11.1 Å². The average molecular weight is 500 g/mol.